The normalized spacial score (nSPS) is 10.7. The molecule has 0 saturated carbocycles. The third-order valence-electron chi connectivity index (χ3n) is 3.10. The van der Waals surface area contributed by atoms with E-state index in [-0.39, 0.29) is 12.8 Å². The summed E-state index contributed by atoms with van der Waals surface area (Å²) in [6.45, 7) is 0. The summed E-state index contributed by atoms with van der Waals surface area (Å²) >= 11 is 0. The number of fused-ring (bicyclic) bond motifs is 1. The Kier molecular flexibility index (Phi) is 3.60. The Morgan fingerprint density at radius 1 is 1.25 bits per heavy atom. The summed E-state index contributed by atoms with van der Waals surface area (Å²) in [4.78, 5) is 35.3. The number of nitrogens with two attached hydrogens (primary N) is 1. The van der Waals surface area contributed by atoms with E-state index < -0.39 is 17.6 Å². The van der Waals surface area contributed by atoms with Crippen molar-refractivity contribution in [3.63, 3.8) is 0 Å². The minimum Gasteiger partial charge on any atom is -0.469 e. The summed E-state index contributed by atoms with van der Waals surface area (Å²) < 4.78 is 6.88. The fourth-order valence-corrected chi connectivity index (χ4v) is 2.02. The highest BCUT2D eigenvalue weighted by atomic mass is 16.5. The summed E-state index contributed by atoms with van der Waals surface area (Å²) in [5.41, 5.74) is 6.73. The van der Waals surface area contributed by atoms with Gasteiger partial charge < -0.3 is 10.5 Å². The van der Waals surface area contributed by atoms with Gasteiger partial charge in [0.1, 0.15) is 0 Å². The van der Waals surface area contributed by atoms with Crippen LogP contribution < -0.4 is 11.4 Å². The molecule has 0 radical (unpaired) electrons. The highest BCUT2D eigenvalue weighted by Crippen LogP contribution is 2.16. The summed E-state index contributed by atoms with van der Waals surface area (Å²) in [5.74, 6) is -0.956. The number of hydrogen-bond donors (Lipinski definition) is 1. The van der Waals surface area contributed by atoms with Crippen LogP contribution in [-0.4, -0.2) is 28.1 Å². The molecule has 0 unspecified atom stereocenters. The van der Waals surface area contributed by atoms with Gasteiger partial charge in [0.2, 0.25) is 5.91 Å². The molecule has 0 saturated heterocycles. The lowest BCUT2D eigenvalue weighted by Crippen LogP contribution is -2.28. The first kappa shape index (κ1) is 13.9. The van der Waals surface area contributed by atoms with Crippen molar-refractivity contribution in [1.82, 2.24) is 9.13 Å². The van der Waals surface area contributed by atoms with Gasteiger partial charge in [-0.2, -0.15) is 0 Å². The number of esters is 1. The van der Waals surface area contributed by atoms with Crippen molar-refractivity contribution in [3.8, 4) is 0 Å². The molecule has 1 aromatic heterocycles. The molecule has 1 heterocycles. The van der Waals surface area contributed by atoms with Gasteiger partial charge in [-0.3, -0.25) is 14.2 Å². The van der Waals surface area contributed by atoms with Crippen LogP contribution >= 0.6 is 0 Å². The molecule has 0 spiro atoms. The van der Waals surface area contributed by atoms with Crippen molar-refractivity contribution < 1.29 is 14.3 Å². The van der Waals surface area contributed by atoms with Crippen LogP contribution in [0.1, 0.15) is 17.6 Å². The quantitative estimate of drug-likeness (QED) is 0.651. The highest BCUT2D eigenvalue weighted by molar-refractivity contribution is 5.92. The van der Waals surface area contributed by atoms with Crippen molar-refractivity contribution in [2.75, 3.05) is 12.8 Å². The molecule has 0 atom stereocenters. The molecule has 1 aromatic carbocycles. The molecule has 2 N–H and O–H groups in total. The average Bonchev–Trinajstić information content (AvgIpc) is 2.67. The van der Waals surface area contributed by atoms with Gasteiger partial charge in [-0.25, -0.2) is 9.36 Å². The van der Waals surface area contributed by atoms with E-state index >= 15 is 0 Å². The molecule has 2 aromatic rings. The fraction of sp³-hybridized carbons (Fsp3) is 0.308. The van der Waals surface area contributed by atoms with Crippen molar-refractivity contribution in [3.05, 3.63) is 28.7 Å². The molecule has 0 aliphatic carbocycles. The first-order valence-electron chi connectivity index (χ1n) is 6.02. The van der Waals surface area contributed by atoms with Gasteiger partial charge in [0, 0.05) is 19.2 Å². The second kappa shape index (κ2) is 5.20. The number of methoxy groups -OCH3 is 1. The van der Waals surface area contributed by atoms with Crippen LogP contribution in [0, 0.1) is 0 Å². The molecule has 0 amide bonds. The summed E-state index contributed by atoms with van der Waals surface area (Å²) in [7, 11) is 2.82. The number of carbonyl (C=O) groups excluding carboxylic acids is 2. The van der Waals surface area contributed by atoms with Crippen LogP contribution in [0.3, 0.4) is 0 Å². The number of rotatable bonds is 3. The third kappa shape index (κ3) is 2.29. The SMILES string of the molecule is COC(=O)CCC(=O)n1c(=O)n(C)c2ccc(N)cc21. The Morgan fingerprint density at radius 3 is 2.60 bits per heavy atom. The van der Waals surface area contributed by atoms with Crippen LogP contribution in [0.5, 0.6) is 0 Å². The Hall–Kier alpha value is -2.57. The third-order valence-corrected chi connectivity index (χ3v) is 3.10. The lowest BCUT2D eigenvalue weighted by Gasteiger charge is -2.02. The van der Waals surface area contributed by atoms with Gasteiger partial charge in [-0.1, -0.05) is 0 Å². The predicted molar refractivity (Wildman–Crippen MR) is 73.5 cm³/mol. The number of benzene rings is 1. The lowest BCUT2D eigenvalue weighted by atomic mass is 10.2. The van der Waals surface area contributed by atoms with Crippen LogP contribution in [0.2, 0.25) is 0 Å². The molecule has 7 heteroatoms. The van der Waals surface area contributed by atoms with Gasteiger partial charge >= 0.3 is 11.7 Å². The van der Waals surface area contributed by atoms with E-state index in [9.17, 15) is 14.4 Å². The maximum Gasteiger partial charge on any atom is 0.335 e. The fourth-order valence-electron chi connectivity index (χ4n) is 2.02. The molecular weight excluding hydrogens is 262 g/mol. The summed E-state index contributed by atoms with van der Waals surface area (Å²) in [6.07, 6.45) is -0.166. The monoisotopic (exact) mass is 277 g/mol. The van der Waals surface area contributed by atoms with Crippen LogP contribution in [0.25, 0.3) is 11.0 Å². The summed E-state index contributed by atoms with van der Waals surface area (Å²) in [6, 6.07) is 4.90. The number of nitrogens with zero attached hydrogens (tertiary/aromatic N) is 2. The molecule has 0 fully saturated rings. The van der Waals surface area contributed by atoms with Crippen LogP contribution in [0.15, 0.2) is 23.0 Å². The molecule has 0 bridgehead atoms. The second-order valence-corrected chi connectivity index (χ2v) is 4.40. The standard InChI is InChI=1S/C13H15N3O4/c1-15-9-4-3-8(14)7-10(9)16(13(15)19)11(17)5-6-12(18)20-2/h3-4,7H,5-6,14H2,1-2H3. The molecule has 106 valence electrons. The Morgan fingerprint density at radius 2 is 1.95 bits per heavy atom. The van der Waals surface area contributed by atoms with E-state index in [0.717, 1.165) is 4.57 Å². The average molecular weight is 277 g/mol. The van der Waals surface area contributed by atoms with E-state index in [4.69, 9.17) is 5.73 Å². The van der Waals surface area contributed by atoms with E-state index in [1.165, 1.54) is 11.7 Å². The van der Waals surface area contributed by atoms with Crippen molar-refractivity contribution in [2.45, 2.75) is 12.8 Å². The molecule has 2 rings (SSSR count). The number of anilines is 1. The number of nitrogen functional groups attached to an aromatic ring is 1. The summed E-state index contributed by atoms with van der Waals surface area (Å²) in [5, 5.41) is 0. The predicted octanol–water partition coefficient (Wildman–Crippen LogP) is 0.516. The zero-order valence-corrected chi connectivity index (χ0v) is 11.3. The number of aromatic nitrogens is 2. The number of hydrogen-bond acceptors (Lipinski definition) is 5. The molecule has 0 aliphatic heterocycles. The number of imidazole rings is 1. The zero-order valence-electron chi connectivity index (χ0n) is 11.3. The van der Waals surface area contributed by atoms with Crippen molar-refractivity contribution in [1.29, 1.82) is 0 Å². The van der Waals surface area contributed by atoms with E-state index in [2.05, 4.69) is 4.74 Å². The number of ether oxygens (including phenoxy) is 1. The minimum absolute atomic E-state index is 0.0690. The smallest absolute Gasteiger partial charge is 0.335 e. The first-order chi connectivity index (χ1) is 9.45. The number of carbonyl (C=O) groups is 2. The second-order valence-electron chi connectivity index (χ2n) is 4.40. The zero-order chi connectivity index (χ0) is 14.9. The maximum absolute atomic E-state index is 12.1. The molecule has 7 nitrogen and oxygen atoms in total. The number of aryl methyl sites for hydroxylation is 1. The Bertz CT molecular complexity index is 742. The van der Waals surface area contributed by atoms with Crippen molar-refractivity contribution >= 4 is 28.6 Å². The van der Waals surface area contributed by atoms with Gasteiger partial charge in [-0.15, -0.1) is 0 Å². The highest BCUT2D eigenvalue weighted by Gasteiger charge is 2.17. The molecule has 0 aliphatic rings. The Labute approximate surface area is 114 Å². The lowest BCUT2D eigenvalue weighted by molar-refractivity contribution is -0.140. The largest absolute Gasteiger partial charge is 0.469 e. The van der Waals surface area contributed by atoms with E-state index in [1.807, 2.05) is 0 Å². The Balaban J connectivity index is 2.46. The maximum atomic E-state index is 12.1. The van der Waals surface area contributed by atoms with Crippen LogP contribution in [-0.2, 0) is 16.6 Å². The molecular formula is C13H15N3O4. The van der Waals surface area contributed by atoms with Crippen LogP contribution in [0.4, 0.5) is 5.69 Å². The topological polar surface area (TPSA) is 96.3 Å². The first-order valence-corrected chi connectivity index (χ1v) is 6.02. The minimum atomic E-state index is -0.494. The van der Waals surface area contributed by atoms with E-state index in [0.29, 0.717) is 16.7 Å². The molecule has 20 heavy (non-hydrogen) atoms. The van der Waals surface area contributed by atoms with Crippen molar-refractivity contribution in [2.24, 2.45) is 7.05 Å². The van der Waals surface area contributed by atoms with E-state index in [1.54, 1.807) is 25.2 Å². The van der Waals surface area contributed by atoms with Gasteiger partial charge in [0.25, 0.3) is 0 Å². The van der Waals surface area contributed by atoms with Gasteiger partial charge in [0.05, 0.1) is 24.6 Å². The van der Waals surface area contributed by atoms with Gasteiger partial charge in [0.15, 0.2) is 0 Å². The van der Waals surface area contributed by atoms with Gasteiger partial charge in [-0.05, 0) is 18.2 Å².